The Kier molecular flexibility index (Phi) is 4.69. The fraction of sp³-hybridized carbons (Fsp3) is 0.278. The quantitative estimate of drug-likeness (QED) is 0.799. The Morgan fingerprint density at radius 2 is 1.46 bits per heavy atom. The minimum absolute atomic E-state index is 0.0737. The molecule has 1 aliphatic heterocycles. The van der Waals surface area contributed by atoms with Gasteiger partial charge in [-0.25, -0.2) is 8.42 Å². The van der Waals surface area contributed by atoms with Gasteiger partial charge < -0.3 is 4.90 Å². The van der Waals surface area contributed by atoms with Crippen LogP contribution in [-0.2, 0) is 10.0 Å². The lowest BCUT2D eigenvalue weighted by atomic mass is 10.2. The Morgan fingerprint density at radius 3 is 2.00 bits per heavy atom. The highest BCUT2D eigenvalue weighted by Crippen LogP contribution is 2.21. The van der Waals surface area contributed by atoms with Crippen molar-refractivity contribution in [1.29, 1.82) is 0 Å². The topological polar surface area (TPSA) is 57.7 Å². The molecule has 0 spiro atoms. The average Bonchev–Trinajstić information content (AvgIpc) is 2.62. The summed E-state index contributed by atoms with van der Waals surface area (Å²) in [6, 6.07) is 16.1. The molecule has 0 bridgehead atoms. The number of sulfonamides is 1. The first kappa shape index (κ1) is 16.7. The number of anilines is 1. The van der Waals surface area contributed by atoms with Crippen molar-refractivity contribution < 1.29 is 13.2 Å². The van der Waals surface area contributed by atoms with Gasteiger partial charge in [0.2, 0.25) is 10.0 Å². The van der Waals surface area contributed by atoms with Gasteiger partial charge in [0.1, 0.15) is 0 Å². The molecule has 126 valence electrons. The molecule has 5 nitrogen and oxygen atoms in total. The molecule has 3 rings (SSSR count). The number of ketones is 1. The van der Waals surface area contributed by atoms with Gasteiger partial charge in [-0.3, -0.25) is 4.79 Å². The zero-order valence-electron chi connectivity index (χ0n) is 13.6. The molecule has 0 radical (unpaired) electrons. The third kappa shape index (κ3) is 3.34. The Morgan fingerprint density at radius 1 is 0.875 bits per heavy atom. The first-order valence-corrected chi connectivity index (χ1v) is 9.33. The van der Waals surface area contributed by atoms with Crippen molar-refractivity contribution in [2.45, 2.75) is 11.8 Å². The SMILES string of the molecule is CC(=O)c1ccc(S(=O)(=O)N2CCN(c3ccccc3)CC2)cc1. The minimum atomic E-state index is -3.51. The lowest BCUT2D eigenvalue weighted by molar-refractivity contribution is 0.101. The number of carbonyl (C=O) groups excluding carboxylic acids is 1. The van der Waals surface area contributed by atoms with E-state index < -0.39 is 10.0 Å². The number of rotatable bonds is 4. The van der Waals surface area contributed by atoms with Crippen molar-refractivity contribution in [3.05, 3.63) is 60.2 Å². The Bertz CT molecular complexity index is 809. The second kappa shape index (κ2) is 6.75. The molecule has 0 saturated carbocycles. The Hall–Kier alpha value is -2.18. The molecular formula is C18H20N2O3S. The van der Waals surface area contributed by atoms with Gasteiger partial charge in [0.15, 0.2) is 5.78 Å². The van der Waals surface area contributed by atoms with Crippen molar-refractivity contribution in [2.24, 2.45) is 0 Å². The molecule has 2 aromatic rings. The summed E-state index contributed by atoms with van der Waals surface area (Å²) in [7, 11) is -3.51. The molecule has 0 N–H and O–H groups in total. The van der Waals surface area contributed by atoms with Crippen LogP contribution in [0.2, 0.25) is 0 Å². The molecular weight excluding hydrogens is 324 g/mol. The number of carbonyl (C=O) groups is 1. The Labute approximate surface area is 142 Å². The van der Waals surface area contributed by atoms with Gasteiger partial charge in [-0.2, -0.15) is 4.31 Å². The number of hydrogen-bond acceptors (Lipinski definition) is 4. The number of hydrogen-bond donors (Lipinski definition) is 0. The summed E-state index contributed by atoms with van der Waals surface area (Å²) < 4.78 is 27.0. The fourth-order valence-electron chi connectivity index (χ4n) is 2.84. The van der Waals surface area contributed by atoms with Gasteiger partial charge in [0.25, 0.3) is 0 Å². The molecule has 24 heavy (non-hydrogen) atoms. The molecule has 2 aromatic carbocycles. The predicted octanol–water partition coefficient (Wildman–Crippen LogP) is 2.40. The highest BCUT2D eigenvalue weighted by Gasteiger charge is 2.28. The summed E-state index contributed by atoms with van der Waals surface area (Å²) in [5.74, 6) is -0.0737. The van der Waals surface area contributed by atoms with E-state index in [2.05, 4.69) is 4.90 Å². The number of Topliss-reactive ketones (excluding diaryl/α,β-unsaturated/α-hetero) is 1. The van der Waals surface area contributed by atoms with E-state index in [9.17, 15) is 13.2 Å². The van der Waals surface area contributed by atoms with Crippen LogP contribution in [0, 0.1) is 0 Å². The molecule has 0 amide bonds. The van der Waals surface area contributed by atoms with E-state index in [1.54, 1.807) is 12.1 Å². The zero-order chi connectivity index (χ0) is 17.2. The smallest absolute Gasteiger partial charge is 0.243 e. The van der Waals surface area contributed by atoms with Crippen molar-refractivity contribution >= 4 is 21.5 Å². The molecule has 0 unspecified atom stereocenters. The first-order chi connectivity index (χ1) is 11.5. The molecule has 1 heterocycles. The van der Waals surface area contributed by atoms with Crippen molar-refractivity contribution in [3.63, 3.8) is 0 Å². The molecule has 1 fully saturated rings. The van der Waals surface area contributed by atoms with Gasteiger partial charge in [0.05, 0.1) is 4.90 Å². The van der Waals surface area contributed by atoms with Gasteiger partial charge in [-0.05, 0) is 31.2 Å². The highest BCUT2D eigenvalue weighted by atomic mass is 32.2. The van der Waals surface area contributed by atoms with Crippen LogP contribution in [0.25, 0.3) is 0 Å². The molecule has 0 atom stereocenters. The largest absolute Gasteiger partial charge is 0.369 e. The lowest BCUT2D eigenvalue weighted by Crippen LogP contribution is -2.48. The van der Waals surface area contributed by atoms with E-state index in [1.165, 1.54) is 23.4 Å². The molecule has 1 aliphatic rings. The number of nitrogens with zero attached hydrogens (tertiary/aromatic N) is 2. The first-order valence-electron chi connectivity index (χ1n) is 7.89. The summed E-state index contributed by atoms with van der Waals surface area (Å²) in [6.07, 6.45) is 0. The maximum Gasteiger partial charge on any atom is 0.243 e. The summed E-state index contributed by atoms with van der Waals surface area (Å²) >= 11 is 0. The fourth-order valence-corrected chi connectivity index (χ4v) is 4.26. The highest BCUT2D eigenvalue weighted by molar-refractivity contribution is 7.89. The van der Waals surface area contributed by atoms with E-state index in [-0.39, 0.29) is 10.7 Å². The average molecular weight is 344 g/mol. The third-order valence-corrected chi connectivity index (χ3v) is 6.17. The van der Waals surface area contributed by atoms with Crippen molar-refractivity contribution in [3.8, 4) is 0 Å². The predicted molar refractivity (Wildman–Crippen MR) is 93.9 cm³/mol. The van der Waals surface area contributed by atoms with E-state index in [0.29, 0.717) is 31.7 Å². The maximum atomic E-state index is 12.7. The number of benzene rings is 2. The Balaban J connectivity index is 1.72. The summed E-state index contributed by atoms with van der Waals surface area (Å²) in [5, 5.41) is 0. The second-order valence-electron chi connectivity index (χ2n) is 5.81. The number of para-hydroxylation sites is 1. The van der Waals surface area contributed by atoms with E-state index in [4.69, 9.17) is 0 Å². The van der Waals surface area contributed by atoms with Crippen LogP contribution in [0.4, 0.5) is 5.69 Å². The van der Waals surface area contributed by atoms with Crippen LogP contribution in [0.15, 0.2) is 59.5 Å². The molecule has 6 heteroatoms. The van der Waals surface area contributed by atoms with E-state index in [0.717, 1.165) is 5.69 Å². The van der Waals surface area contributed by atoms with Crippen LogP contribution >= 0.6 is 0 Å². The van der Waals surface area contributed by atoms with Gasteiger partial charge in [-0.15, -0.1) is 0 Å². The molecule has 0 aromatic heterocycles. The van der Waals surface area contributed by atoms with Crippen molar-refractivity contribution in [2.75, 3.05) is 31.1 Å². The lowest BCUT2D eigenvalue weighted by Gasteiger charge is -2.35. The van der Waals surface area contributed by atoms with E-state index in [1.807, 2.05) is 30.3 Å². The summed E-state index contributed by atoms with van der Waals surface area (Å²) in [6.45, 7) is 3.69. The molecule has 1 saturated heterocycles. The maximum absolute atomic E-state index is 12.7. The monoisotopic (exact) mass is 344 g/mol. The normalized spacial score (nSPS) is 16.1. The van der Waals surface area contributed by atoms with Crippen LogP contribution in [0.5, 0.6) is 0 Å². The van der Waals surface area contributed by atoms with Crippen LogP contribution in [0.1, 0.15) is 17.3 Å². The van der Waals surface area contributed by atoms with E-state index >= 15 is 0 Å². The van der Waals surface area contributed by atoms with Crippen LogP contribution in [0.3, 0.4) is 0 Å². The van der Waals surface area contributed by atoms with Crippen LogP contribution in [-0.4, -0.2) is 44.7 Å². The molecule has 0 aliphatic carbocycles. The third-order valence-electron chi connectivity index (χ3n) is 4.26. The second-order valence-corrected chi connectivity index (χ2v) is 7.75. The summed E-state index contributed by atoms with van der Waals surface area (Å²) in [5.41, 5.74) is 1.63. The number of piperazine rings is 1. The van der Waals surface area contributed by atoms with Crippen LogP contribution < -0.4 is 4.90 Å². The van der Waals surface area contributed by atoms with Gasteiger partial charge in [0, 0.05) is 37.4 Å². The van der Waals surface area contributed by atoms with Crippen molar-refractivity contribution in [1.82, 2.24) is 4.31 Å². The summed E-state index contributed by atoms with van der Waals surface area (Å²) in [4.78, 5) is 13.7. The zero-order valence-corrected chi connectivity index (χ0v) is 14.4. The van der Waals surface area contributed by atoms with Gasteiger partial charge >= 0.3 is 0 Å². The standard InChI is InChI=1S/C18H20N2O3S/c1-15(21)16-7-9-18(10-8-16)24(22,23)20-13-11-19(12-14-20)17-5-3-2-4-6-17/h2-10H,11-14H2,1H3. The van der Waals surface area contributed by atoms with Gasteiger partial charge in [-0.1, -0.05) is 30.3 Å². The minimum Gasteiger partial charge on any atom is -0.369 e.